The van der Waals surface area contributed by atoms with Crippen molar-refractivity contribution in [1.29, 1.82) is 0 Å². The maximum Gasteiger partial charge on any atom is 0.407 e. The van der Waals surface area contributed by atoms with Crippen molar-refractivity contribution in [2.24, 2.45) is 0 Å². The van der Waals surface area contributed by atoms with Gasteiger partial charge in [0.05, 0.1) is 0 Å². The minimum absolute atomic E-state index is 0.00234. The highest BCUT2D eigenvalue weighted by Crippen LogP contribution is 2.44. The average Bonchev–Trinajstić information content (AvgIpc) is 3.23. The molecule has 0 fully saturated rings. The van der Waals surface area contributed by atoms with Gasteiger partial charge >= 0.3 is 18.0 Å². The van der Waals surface area contributed by atoms with Gasteiger partial charge in [0, 0.05) is 12.3 Å². The molecular formula is C29H27NO7. The van der Waals surface area contributed by atoms with Gasteiger partial charge in [0.25, 0.3) is 0 Å². The molecule has 1 amide bonds. The van der Waals surface area contributed by atoms with E-state index in [0.29, 0.717) is 11.3 Å². The van der Waals surface area contributed by atoms with Crippen LogP contribution in [-0.4, -0.2) is 49.0 Å². The summed E-state index contributed by atoms with van der Waals surface area (Å²) in [6.07, 6.45) is 0.637. The number of benzene rings is 3. The van der Waals surface area contributed by atoms with Gasteiger partial charge in [0.2, 0.25) is 0 Å². The van der Waals surface area contributed by atoms with Crippen LogP contribution in [0.1, 0.15) is 22.6 Å². The van der Waals surface area contributed by atoms with Gasteiger partial charge in [-0.1, -0.05) is 73.3 Å². The third-order valence-electron chi connectivity index (χ3n) is 5.99. The Morgan fingerprint density at radius 1 is 0.946 bits per heavy atom. The zero-order valence-corrected chi connectivity index (χ0v) is 20.1. The lowest BCUT2D eigenvalue weighted by Crippen LogP contribution is -2.42. The zero-order chi connectivity index (χ0) is 26.2. The summed E-state index contributed by atoms with van der Waals surface area (Å²) >= 11 is 0. The zero-order valence-electron chi connectivity index (χ0n) is 20.1. The first kappa shape index (κ1) is 25.5. The van der Waals surface area contributed by atoms with Crippen LogP contribution in [0.15, 0.2) is 85.5 Å². The van der Waals surface area contributed by atoms with Crippen molar-refractivity contribution < 1.29 is 33.7 Å². The first-order chi connectivity index (χ1) is 18.0. The molecule has 1 atom stereocenters. The highest BCUT2D eigenvalue weighted by molar-refractivity contribution is 5.81. The van der Waals surface area contributed by atoms with Gasteiger partial charge in [-0.15, -0.1) is 0 Å². The van der Waals surface area contributed by atoms with E-state index < -0.39 is 24.1 Å². The molecule has 0 unspecified atom stereocenters. The Bertz CT molecular complexity index is 1260. The molecule has 0 aliphatic heterocycles. The molecule has 0 spiro atoms. The molecule has 0 saturated heterocycles. The molecule has 8 nitrogen and oxygen atoms in total. The normalized spacial score (nSPS) is 12.5. The molecule has 1 aliphatic rings. The fourth-order valence-electron chi connectivity index (χ4n) is 4.32. The molecular weight excluding hydrogens is 474 g/mol. The Morgan fingerprint density at radius 3 is 2.27 bits per heavy atom. The van der Waals surface area contributed by atoms with E-state index in [2.05, 4.69) is 11.9 Å². The van der Waals surface area contributed by atoms with Gasteiger partial charge in [-0.05, 0) is 39.9 Å². The van der Waals surface area contributed by atoms with E-state index in [0.717, 1.165) is 22.3 Å². The summed E-state index contributed by atoms with van der Waals surface area (Å²) in [4.78, 5) is 36.0. The molecule has 2 N–H and O–H groups in total. The van der Waals surface area contributed by atoms with Crippen molar-refractivity contribution in [1.82, 2.24) is 5.32 Å². The van der Waals surface area contributed by atoms with Crippen LogP contribution in [0.2, 0.25) is 0 Å². The summed E-state index contributed by atoms with van der Waals surface area (Å²) < 4.78 is 15.8. The second-order valence-corrected chi connectivity index (χ2v) is 8.47. The SMILES string of the molecule is C=CCOC(=O)COc1cccc(C[C@@H](NC(=O)OCC2c3ccccc3-c3ccccc32)C(=O)O)c1. The van der Waals surface area contributed by atoms with Gasteiger partial charge in [0.15, 0.2) is 6.61 Å². The first-order valence-electron chi connectivity index (χ1n) is 11.8. The minimum Gasteiger partial charge on any atom is -0.482 e. The highest BCUT2D eigenvalue weighted by Gasteiger charge is 2.29. The van der Waals surface area contributed by atoms with Crippen molar-refractivity contribution in [3.8, 4) is 16.9 Å². The lowest BCUT2D eigenvalue weighted by atomic mass is 9.98. The fourth-order valence-corrected chi connectivity index (χ4v) is 4.32. The summed E-state index contributed by atoms with van der Waals surface area (Å²) in [6.45, 7) is 3.34. The van der Waals surface area contributed by atoms with E-state index in [9.17, 15) is 19.5 Å². The third kappa shape index (κ3) is 6.35. The van der Waals surface area contributed by atoms with Crippen molar-refractivity contribution in [2.45, 2.75) is 18.4 Å². The molecule has 0 heterocycles. The molecule has 0 radical (unpaired) electrons. The van der Waals surface area contributed by atoms with Gasteiger partial charge in [-0.25, -0.2) is 14.4 Å². The molecule has 3 aromatic carbocycles. The van der Waals surface area contributed by atoms with Crippen molar-refractivity contribution >= 4 is 18.0 Å². The summed E-state index contributed by atoms with van der Waals surface area (Å²) in [5.41, 5.74) is 4.94. The van der Waals surface area contributed by atoms with Crippen LogP contribution >= 0.6 is 0 Å². The van der Waals surface area contributed by atoms with E-state index >= 15 is 0 Å². The second-order valence-electron chi connectivity index (χ2n) is 8.47. The fraction of sp³-hybridized carbons (Fsp3) is 0.207. The Kier molecular flexibility index (Phi) is 8.20. The lowest BCUT2D eigenvalue weighted by Gasteiger charge is -2.18. The summed E-state index contributed by atoms with van der Waals surface area (Å²) in [5.74, 6) is -1.51. The van der Waals surface area contributed by atoms with Crippen LogP contribution in [0, 0.1) is 0 Å². The Labute approximate surface area is 214 Å². The Balaban J connectivity index is 1.35. The van der Waals surface area contributed by atoms with Gasteiger partial charge in [0.1, 0.15) is 25.0 Å². The van der Waals surface area contributed by atoms with Gasteiger partial charge < -0.3 is 24.6 Å². The van der Waals surface area contributed by atoms with Crippen LogP contribution in [0.4, 0.5) is 4.79 Å². The van der Waals surface area contributed by atoms with Crippen LogP contribution in [0.3, 0.4) is 0 Å². The number of alkyl carbamates (subject to hydrolysis) is 1. The third-order valence-corrected chi connectivity index (χ3v) is 5.99. The van der Waals surface area contributed by atoms with Crippen LogP contribution in [-0.2, 0) is 25.5 Å². The molecule has 8 heteroatoms. The number of esters is 1. The molecule has 0 saturated carbocycles. The molecule has 37 heavy (non-hydrogen) atoms. The van der Waals surface area contributed by atoms with Gasteiger partial charge in [-0.3, -0.25) is 0 Å². The predicted molar refractivity (Wildman–Crippen MR) is 136 cm³/mol. The van der Waals surface area contributed by atoms with Crippen molar-refractivity contribution in [3.05, 3.63) is 102 Å². The van der Waals surface area contributed by atoms with E-state index in [4.69, 9.17) is 14.2 Å². The highest BCUT2D eigenvalue weighted by atomic mass is 16.6. The number of carboxylic acid groups (broad SMARTS) is 1. The van der Waals surface area contributed by atoms with Crippen molar-refractivity contribution in [3.63, 3.8) is 0 Å². The van der Waals surface area contributed by atoms with E-state index in [1.54, 1.807) is 24.3 Å². The Morgan fingerprint density at radius 2 is 1.62 bits per heavy atom. The quantitative estimate of drug-likeness (QED) is 0.297. The minimum atomic E-state index is -1.22. The Hall–Kier alpha value is -4.59. The molecule has 0 bridgehead atoms. The number of carbonyl (C=O) groups is 3. The predicted octanol–water partition coefficient (Wildman–Crippen LogP) is 4.33. The number of amides is 1. The summed E-state index contributed by atoms with van der Waals surface area (Å²) in [7, 11) is 0. The van der Waals surface area contributed by atoms with E-state index in [-0.39, 0.29) is 32.2 Å². The summed E-state index contributed by atoms with van der Waals surface area (Å²) in [5, 5.41) is 12.1. The molecule has 4 rings (SSSR count). The number of hydrogen-bond acceptors (Lipinski definition) is 6. The molecule has 3 aromatic rings. The van der Waals surface area contributed by atoms with Crippen LogP contribution in [0.5, 0.6) is 5.75 Å². The lowest BCUT2D eigenvalue weighted by molar-refractivity contribution is -0.144. The number of fused-ring (bicyclic) bond motifs is 3. The number of nitrogens with one attached hydrogen (secondary N) is 1. The monoisotopic (exact) mass is 501 g/mol. The molecule has 0 aromatic heterocycles. The maximum absolute atomic E-state index is 12.6. The standard InChI is InChI=1S/C29H27NO7/c1-2-14-35-27(31)18-36-20-9-7-8-19(15-20)16-26(28(32)33)30-29(34)37-17-25-23-12-5-3-10-21(23)22-11-4-6-13-24(22)25/h2-13,15,25-26H,1,14,16-18H2,(H,30,34)(H,32,33)/t26-/m1/s1. The topological polar surface area (TPSA) is 111 Å². The molecule has 1 aliphatic carbocycles. The number of rotatable bonds is 11. The number of carboxylic acids is 1. The van der Waals surface area contributed by atoms with Crippen molar-refractivity contribution in [2.75, 3.05) is 19.8 Å². The second kappa shape index (κ2) is 11.9. The molecule has 190 valence electrons. The number of ether oxygens (including phenoxy) is 3. The van der Waals surface area contributed by atoms with Crippen LogP contribution in [0.25, 0.3) is 11.1 Å². The largest absolute Gasteiger partial charge is 0.482 e. The van der Waals surface area contributed by atoms with E-state index in [1.807, 2.05) is 48.5 Å². The van der Waals surface area contributed by atoms with E-state index in [1.165, 1.54) is 6.08 Å². The summed E-state index contributed by atoms with van der Waals surface area (Å²) in [6, 6.07) is 21.3. The number of carbonyl (C=O) groups excluding carboxylic acids is 2. The first-order valence-corrected chi connectivity index (χ1v) is 11.8. The average molecular weight is 502 g/mol. The maximum atomic E-state index is 12.6. The number of aliphatic carboxylic acids is 1. The van der Waals surface area contributed by atoms with Gasteiger partial charge in [-0.2, -0.15) is 0 Å². The smallest absolute Gasteiger partial charge is 0.407 e. The number of hydrogen-bond donors (Lipinski definition) is 2. The van der Waals surface area contributed by atoms with Crippen LogP contribution < -0.4 is 10.1 Å².